The lowest BCUT2D eigenvalue weighted by molar-refractivity contribution is 0.0945. The molecule has 0 spiro atoms. The summed E-state index contributed by atoms with van der Waals surface area (Å²) in [6.45, 7) is 4.15. The van der Waals surface area contributed by atoms with Gasteiger partial charge in [0.25, 0.3) is 5.91 Å². The van der Waals surface area contributed by atoms with Gasteiger partial charge in [0.05, 0.1) is 12.0 Å². The van der Waals surface area contributed by atoms with E-state index in [1.165, 1.54) is 10.4 Å². The molecular formula is C20H23N3O2S. The third-order valence-electron chi connectivity index (χ3n) is 4.41. The van der Waals surface area contributed by atoms with Crippen LogP contribution >= 0.6 is 11.3 Å². The first-order valence-corrected chi connectivity index (χ1v) is 9.36. The molecule has 5 nitrogen and oxygen atoms in total. The zero-order valence-electron chi connectivity index (χ0n) is 15.4. The van der Waals surface area contributed by atoms with Gasteiger partial charge in [-0.05, 0) is 42.7 Å². The largest absolute Gasteiger partial charge is 0.497 e. The van der Waals surface area contributed by atoms with E-state index in [0.29, 0.717) is 0 Å². The molecule has 0 aliphatic heterocycles. The van der Waals surface area contributed by atoms with Gasteiger partial charge in [-0.1, -0.05) is 19.1 Å². The lowest BCUT2D eigenvalue weighted by atomic mass is 10.1. The second-order valence-corrected chi connectivity index (χ2v) is 7.28. The SMILES string of the molecule is CCc1sc(C(=O)N[C@@H](c2ccc(OC)cc2)c2nccn2C)cc1C. The van der Waals surface area contributed by atoms with Crippen LogP contribution in [0.2, 0.25) is 0 Å². The number of ether oxygens (including phenoxy) is 1. The smallest absolute Gasteiger partial charge is 0.262 e. The number of methoxy groups -OCH3 is 1. The molecular weight excluding hydrogens is 346 g/mol. The Hall–Kier alpha value is -2.60. The highest BCUT2D eigenvalue weighted by molar-refractivity contribution is 7.14. The van der Waals surface area contributed by atoms with Gasteiger partial charge < -0.3 is 14.6 Å². The number of nitrogens with one attached hydrogen (secondary N) is 1. The summed E-state index contributed by atoms with van der Waals surface area (Å²) in [5.74, 6) is 1.48. The van der Waals surface area contributed by atoms with E-state index in [9.17, 15) is 4.79 Å². The van der Waals surface area contributed by atoms with Crippen molar-refractivity contribution in [2.45, 2.75) is 26.3 Å². The Bertz CT molecular complexity index is 896. The van der Waals surface area contributed by atoms with Crippen LogP contribution in [0.3, 0.4) is 0 Å². The second-order valence-electron chi connectivity index (χ2n) is 6.15. The third-order valence-corrected chi connectivity index (χ3v) is 5.79. The van der Waals surface area contributed by atoms with Crippen molar-refractivity contribution in [3.05, 3.63) is 69.4 Å². The predicted molar refractivity (Wildman–Crippen MR) is 104 cm³/mol. The highest BCUT2D eigenvalue weighted by atomic mass is 32.1. The molecule has 1 atom stereocenters. The van der Waals surface area contributed by atoms with Crippen molar-refractivity contribution in [3.63, 3.8) is 0 Å². The van der Waals surface area contributed by atoms with Crippen LogP contribution in [-0.2, 0) is 13.5 Å². The molecule has 0 unspecified atom stereocenters. The molecule has 3 rings (SSSR count). The Morgan fingerprint density at radius 3 is 2.62 bits per heavy atom. The number of benzene rings is 1. The number of aromatic nitrogens is 2. The fourth-order valence-electron chi connectivity index (χ4n) is 2.93. The van der Waals surface area contributed by atoms with E-state index in [-0.39, 0.29) is 11.9 Å². The number of imidazole rings is 1. The van der Waals surface area contributed by atoms with Crippen molar-refractivity contribution in [3.8, 4) is 5.75 Å². The van der Waals surface area contributed by atoms with E-state index >= 15 is 0 Å². The highest BCUT2D eigenvalue weighted by Crippen LogP contribution is 2.26. The lowest BCUT2D eigenvalue weighted by Gasteiger charge is -2.19. The minimum absolute atomic E-state index is 0.0818. The number of hydrogen-bond acceptors (Lipinski definition) is 4. The van der Waals surface area contributed by atoms with Gasteiger partial charge in [-0.25, -0.2) is 4.98 Å². The molecule has 136 valence electrons. The number of amides is 1. The average Bonchev–Trinajstić information content (AvgIpc) is 3.25. The van der Waals surface area contributed by atoms with E-state index in [0.717, 1.165) is 28.4 Å². The van der Waals surface area contributed by atoms with Crippen molar-refractivity contribution in [1.29, 1.82) is 0 Å². The van der Waals surface area contributed by atoms with Gasteiger partial charge in [0, 0.05) is 24.3 Å². The van der Waals surface area contributed by atoms with E-state index < -0.39 is 0 Å². The summed E-state index contributed by atoms with van der Waals surface area (Å²) in [5.41, 5.74) is 2.12. The molecule has 0 fully saturated rings. The maximum absolute atomic E-state index is 12.9. The fourth-order valence-corrected chi connectivity index (χ4v) is 3.95. The van der Waals surface area contributed by atoms with Crippen LogP contribution in [0.1, 0.15) is 44.5 Å². The molecule has 2 heterocycles. The molecule has 0 bridgehead atoms. The summed E-state index contributed by atoms with van der Waals surface area (Å²) in [5, 5.41) is 3.14. The highest BCUT2D eigenvalue weighted by Gasteiger charge is 2.22. The van der Waals surface area contributed by atoms with E-state index in [4.69, 9.17) is 4.74 Å². The molecule has 0 saturated carbocycles. The summed E-state index contributed by atoms with van der Waals surface area (Å²) < 4.78 is 7.16. The number of carbonyl (C=O) groups is 1. The number of carbonyl (C=O) groups excluding carboxylic acids is 1. The number of rotatable bonds is 6. The van der Waals surface area contributed by atoms with Crippen LogP contribution in [0.15, 0.2) is 42.7 Å². The maximum Gasteiger partial charge on any atom is 0.262 e. The maximum atomic E-state index is 12.9. The molecule has 1 amide bonds. The van der Waals surface area contributed by atoms with Gasteiger partial charge in [0.1, 0.15) is 17.6 Å². The van der Waals surface area contributed by atoms with Gasteiger partial charge in [-0.3, -0.25) is 4.79 Å². The number of hydrogen-bond donors (Lipinski definition) is 1. The molecule has 0 aliphatic carbocycles. The average molecular weight is 369 g/mol. The van der Waals surface area contributed by atoms with E-state index in [1.807, 2.05) is 55.1 Å². The van der Waals surface area contributed by atoms with Crippen LogP contribution in [0, 0.1) is 6.92 Å². The summed E-state index contributed by atoms with van der Waals surface area (Å²) in [6.07, 6.45) is 4.55. The Morgan fingerprint density at radius 2 is 2.08 bits per heavy atom. The summed E-state index contributed by atoms with van der Waals surface area (Å²) in [7, 11) is 3.56. The van der Waals surface area contributed by atoms with Crippen molar-refractivity contribution >= 4 is 17.2 Å². The molecule has 6 heteroatoms. The van der Waals surface area contributed by atoms with Gasteiger partial charge in [-0.15, -0.1) is 11.3 Å². The topological polar surface area (TPSA) is 56.1 Å². The summed E-state index contributed by atoms with van der Waals surface area (Å²) in [6, 6.07) is 9.32. The summed E-state index contributed by atoms with van der Waals surface area (Å²) in [4.78, 5) is 19.3. The van der Waals surface area contributed by atoms with E-state index in [1.54, 1.807) is 24.6 Å². The quantitative estimate of drug-likeness (QED) is 0.717. The van der Waals surface area contributed by atoms with Crippen LogP contribution in [0.4, 0.5) is 0 Å². The number of nitrogens with zero attached hydrogens (tertiary/aromatic N) is 2. The zero-order chi connectivity index (χ0) is 18.7. The molecule has 26 heavy (non-hydrogen) atoms. The molecule has 0 saturated heterocycles. The minimum atomic E-state index is -0.333. The van der Waals surface area contributed by atoms with Gasteiger partial charge in [0.2, 0.25) is 0 Å². The van der Waals surface area contributed by atoms with Crippen molar-refractivity contribution in [2.24, 2.45) is 7.05 Å². The van der Waals surface area contributed by atoms with E-state index in [2.05, 4.69) is 17.2 Å². The molecule has 1 N–H and O–H groups in total. The number of aryl methyl sites for hydroxylation is 3. The van der Waals surface area contributed by atoms with Gasteiger partial charge in [0.15, 0.2) is 0 Å². The molecule has 0 aliphatic rings. The minimum Gasteiger partial charge on any atom is -0.497 e. The van der Waals surface area contributed by atoms with Crippen molar-refractivity contribution in [2.75, 3.05) is 7.11 Å². The fraction of sp³-hybridized carbons (Fsp3) is 0.300. The zero-order valence-corrected chi connectivity index (χ0v) is 16.3. The van der Waals surface area contributed by atoms with Gasteiger partial charge in [-0.2, -0.15) is 0 Å². The number of thiophene rings is 1. The molecule has 1 aromatic carbocycles. The molecule has 2 aromatic heterocycles. The Labute approximate surface area is 157 Å². The first-order valence-electron chi connectivity index (χ1n) is 8.54. The third kappa shape index (κ3) is 3.65. The second kappa shape index (κ2) is 7.74. The standard InChI is InChI=1S/C20H23N3O2S/c1-5-16-13(2)12-17(26-16)20(24)22-18(19-21-10-11-23(19)3)14-6-8-15(25-4)9-7-14/h6-12,18H,5H2,1-4H3,(H,22,24)/t18-/m0/s1. The normalized spacial score (nSPS) is 12.0. The Kier molecular flexibility index (Phi) is 5.42. The monoisotopic (exact) mass is 369 g/mol. The Balaban J connectivity index is 1.92. The summed E-state index contributed by atoms with van der Waals surface area (Å²) >= 11 is 1.55. The van der Waals surface area contributed by atoms with Crippen LogP contribution in [0.25, 0.3) is 0 Å². The Morgan fingerprint density at radius 1 is 1.35 bits per heavy atom. The lowest BCUT2D eigenvalue weighted by Crippen LogP contribution is -2.30. The first kappa shape index (κ1) is 18.2. The van der Waals surface area contributed by atoms with Crippen LogP contribution in [-0.4, -0.2) is 22.6 Å². The van der Waals surface area contributed by atoms with Crippen molar-refractivity contribution < 1.29 is 9.53 Å². The van der Waals surface area contributed by atoms with Crippen LogP contribution < -0.4 is 10.1 Å². The van der Waals surface area contributed by atoms with Crippen molar-refractivity contribution in [1.82, 2.24) is 14.9 Å². The van der Waals surface area contributed by atoms with Crippen LogP contribution in [0.5, 0.6) is 5.75 Å². The first-order chi connectivity index (χ1) is 12.5. The molecule has 3 aromatic rings. The molecule has 0 radical (unpaired) electrons. The predicted octanol–water partition coefficient (Wildman–Crippen LogP) is 3.88. The van der Waals surface area contributed by atoms with Gasteiger partial charge >= 0.3 is 0 Å².